The van der Waals surface area contributed by atoms with Crippen LogP contribution >= 0.6 is 21.6 Å². The molecule has 0 aliphatic carbocycles. The molecule has 196 valence electrons. The van der Waals surface area contributed by atoms with Crippen LogP contribution in [0.2, 0.25) is 0 Å². The summed E-state index contributed by atoms with van der Waals surface area (Å²) in [5.74, 6) is 1.09. The van der Waals surface area contributed by atoms with Crippen molar-refractivity contribution < 1.29 is 33.3 Å². The van der Waals surface area contributed by atoms with Crippen LogP contribution in [0.5, 0.6) is 0 Å². The van der Waals surface area contributed by atoms with E-state index < -0.39 is 5.60 Å². The second-order valence-electron chi connectivity index (χ2n) is 7.70. The summed E-state index contributed by atoms with van der Waals surface area (Å²) in [6.45, 7) is 7.52. The van der Waals surface area contributed by atoms with Gasteiger partial charge in [-0.05, 0) is 33.4 Å². The highest BCUT2D eigenvalue weighted by molar-refractivity contribution is 8.76. The van der Waals surface area contributed by atoms with Crippen molar-refractivity contribution in [1.29, 1.82) is 0 Å². The molecule has 0 aromatic heterocycles. The number of methoxy groups -OCH3 is 1. The van der Waals surface area contributed by atoms with Gasteiger partial charge in [-0.25, -0.2) is 0 Å². The first-order valence-corrected chi connectivity index (χ1v) is 13.5. The van der Waals surface area contributed by atoms with E-state index in [-0.39, 0.29) is 37.6 Å². The average molecular weight is 522 g/mol. The molecule has 34 heavy (non-hydrogen) atoms. The minimum Gasteiger partial charge on any atom is -0.474 e. The maximum atomic E-state index is 11.7. The van der Waals surface area contributed by atoms with Crippen LogP contribution in [0.25, 0.3) is 0 Å². The Morgan fingerprint density at radius 1 is 0.971 bits per heavy atom. The Bertz CT molecular complexity index is 626. The van der Waals surface area contributed by atoms with E-state index in [4.69, 9.17) is 14.2 Å². The molecule has 0 aromatic rings. The molecule has 3 N–H and O–H groups in total. The summed E-state index contributed by atoms with van der Waals surface area (Å²) in [7, 11) is 4.75. The zero-order valence-electron chi connectivity index (χ0n) is 20.6. The minimum atomic E-state index is -0.459. The third-order valence-corrected chi connectivity index (χ3v) is 5.86. The van der Waals surface area contributed by atoms with Crippen molar-refractivity contribution in [1.82, 2.24) is 16.0 Å². The first-order chi connectivity index (χ1) is 16.2. The molecule has 0 aromatic carbocycles. The lowest BCUT2D eigenvalue weighted by atomic mass is 10.2. The molecule has 12 heteroatoms. The number of carbonyl (C=O) groups is 3. The van der Waals surface area contributed by atoms with Crippen LogP contribution in [0.4, 0.5) is 0 Å². The van der Waals surface area contributed by atoms with Crippen molar-refractivity contribution in [3.05, 3.63) is 24.7 Å². The summed E-state index contributed by atoms with van der Waals surface area (Å²) in [6.07, 6.45) is 7.58. The molecule has 10 nitrogen and oxygen atoms in total. The van der Waals surface area contributed by atoms with E-state index in [1.165, 1.54) is 19.6 Å². The standard InChI is InChI=1S/C22H39N3O7S2/c1-22(2,3)32-21(28)7-5-9-23-11-15-33-34-16-12-25-19(26)17-24-10-14-31-18-30-13-6-8-20(27)29-4/h5,9-10,14,23-24H,6-8,11-13,15-18H2,1-4H3,(H,25,26). The van der Waals surface area contributed by atoms with Gasteiger partial charge in [-0.15, -0.1) is 0 Å². The van der Waals surface area contributed by atoms with Gasteiger partial charge < -0.3 is 34.9 Å². The molecular formula is C22H39N3O7S2. The van der Waals surface area contributed by atoms with E-state index in [0.29, 0.717) is 26.0 Å². The number of esters is 2. The molecule has 1 amide bonds. The smallest absolute Gasteiger partial charge is 0.310 e. The zero-order valence-corrected chi connectivity index (χ0v) is 22.2. The van der Waals surface area contributed by atoms with Gasteiger partial charge in [0, 0.05) is 37.2 Å². The highest BCUT2D eigenvalue weighted by Crippen LogP contribution is 2.19. The third-order valence-electron chi connectivity index (χ3n) is 3.45. The predicted molar refractivity (Wildman–Crippen MR) is 136 cm³/mol. The molecule has 0 aliphatic rings. The van der Waals surface area contributed by atoms with Gasteiger partial charge >= 0.3 is 11.9 Å². The Balaban J connectivity index is 3.42. The van der Waals surface area contributed by atoms with E-state index in [0.717, 1.165) is 18.1 Å². The van der Waals surface area contributed by atoms with E-state index >= 15 is 0 Å². The summed E-state index contributed by atoms with van der Waals surface area (Å²) in [5, 5.41) is 8.77. The van der Waals surface area contributed by atoms with Gasteiger partial charge in [-0.2, -0.15) is 0 Å². The summed E-state index contributed by atoms with van der Waals surface area (Å²) in [6, 6.07) is 0. The monoisotopic (exact) mass is 521 g/mol. The molecule has 0 heterocycles. The van der Waals surface area contributed by atoms with Crippen LogP contribution in [0.3, 0.4) is 0 Å². The van der Waals surface area contributed by atoms with Crippen molar-refractivity contribution in [3.63, 3.8) is 0 Å². The molecule has 0 fully saturated rings. The van der Waals surface area contributed by atoms with Crippen LogP contribution in [-0.2, 0) is 33.3 Å². The Morgan fingerprint density at radius 2 is 1.71 bits per heavy atom. The summed E-state index contributed by atoms with van der Waals surface area (Å²) in [4.78, 5) is 34.2. The Hall–Kier alpha value is -2.05. The fourth-order valence-electron chi connectivity index (χ4n) is 2.03. The number of rotatable bonds is 20. The minimum absolute atomic E-state index is 0.0678. The highest BCUT2D eigenvalue weighted by atomic mass is 33.1. The van der Waals surface area contributed by atoms with Crippen molar-refractivity contribution in [2.75, 3.05) is 51.6 Å². The quantitative estimate of drug-likeness (QED) is 0.0719. The zero-order chi connectivity index (χ0) is 25.5. The number of hydrogen-bond donors (Lipinski definition) is 3. The first kappa shape index (κ1) is 31.9. The Labute approximate surface area is 210 Å². The van der Waals surface area contributed by atoms with Crippen LogP contribution in [0, 0.1) is 0 Å². The van der Waals surface area contributed by atoms with Gasteiger partial charge in [0.25, 0.3) is 0 Å². The maximum Gasteiger partial charge on any atom is 0.310 e. The van der Waals surface area contributed by atoms with E-state index in [2.05, 4.69) is 20.7 Å². The fourth-order valence-corrected chi connectivity index (χ4v) is 3.86. The molecule has 0 atom stereocenters. The highest BCUT2D eigenvalue weighted by Gasteiger charge is 2.14. The lowest BCUT2D eigenvalue weighted by Crippen LogP contribution is -2.33. The molecule has 0 radical (unpaired) electrons. The SMILES string of the molecule is COC(=O)CCCOCOC=CNCC(=O)NCCSSCCNC=CCC(=O)OC(C)(C)C. The lowest BCUT2D eigenvalue weighted by Gasteiger charge is -2.18. The lowest BCUT2D eigenvalue weighted by molar-refractivity contribution is -0.153. The molecule has 0 aliphatic heterocycles. The predicted octanol–water partition coefficient (Wildman–Crippen LogP) is 2.32. The van der Waals surface area contributed by atoms with Gasteiger partial charge in [0.1, 0.15) is 11.9 Å². The van der Waals surface area contributed by atoms with Gasteiger partial charge in [0.2, 0.25) is 5.91 Å². The second-order valence-corrected chi connectivity index (χ2v) is 10.4. The largest absolute Gasteiger partial charge is 0.474 e. The molecule has 0 spiro atoms. The molecule has 0 rings (SSSR count). The van der Waals surface area contributed by atoms with Crippen LogP contribution in [-0.4, -0.2) is 75.1 Å². The van der Waals surface area contributed by atoms with E-state index in [1.54, 1.807) is 33.9 Å². The number of hydrogen-bond acceptors (Lipinski definition) is 11. The maximum absolute atomic E-state index is 11.7. The van der Waals surface area contributed by atoms with Gasteiger partial charge in [-0.3, -0.25) is 14.4 Å². The van der Waals surface area contributed by atoms with Crippen LogP contribution in [0.1, 0.15) is 40.0 Å². The van der Waals surface area contributed by atoms with E-state index in [1.807, 2.05) is 20.8 Å². The number of amides is 1. The Kier molecular flexibility index (Phi) is 20.2. The number of nitrogens with one attached hydrogen (secondary N) is 3. The van der Waals surface area contributed by atoms with Crippen LogP contribution in [0.15, 0.2) is 24.7 Å². The van der Waals surface area contributed by atoms with Crippen molar-refractivity contribution in [3.8, 4) is 0 Å². The third kappa shape index (κ3) is 24.6. The number of carbonyl (C=O) groups excluding carboxylic acids is 3. The first-order valence-electron chi connectivity index (χ1n) is 11.0. The molecule has 0 saturated carbocycles. The van der Waals surface area contributed by atoms with Crippen molar-refractivity contribution in [2.24, 2.45) is 0 Å². The summed E-state index contributed by atoms with van der Waals surface area (Å²) >= 11 is 0. The van der Waals surface area contributed by atoms with Gasteiger partial charge in [-0.1, -0.05) is 27.7 Å². The van der Waals surface area contributed by atoms with Crippen molar-refractivity contribution >= 4 is 39.4 Å². The molecule has 0 unspecified atom stereocenters. The van der Waals surface area contributed by atoms with Crippen LogP contribution < -0.4 is 16.0 Å². The number of ether oxygens (including phenoxy) is 4. The van der Waals surface area contributed by atoms with Gasteiger partial charge in [0.15, 0.2) is 6.79 Å². The van der Waals surface area contributed by atoms with E-state index in [9.17, 15) is 14.4 Å². The second kappa shape index (κ2) is 21.5. The molecule has 0 saturated heterocycles. The summed E-state index contributed by atoms with van der Waals surface area (Å²) in [5.41, 5.74) is -0.459. The average Bonchev–Trinajstić information content (AvgIpc) is 2.77. The van der Waals surface area contributed by atoms with Gasteiger partial charge in [0.05, 0.1) is 26.7 Å². The Morgan fingerprint density at radius 3 is 2.41 bits per heavy atom. The summed E-state index contributed by atoms with van der Waals surface area (Å²) < 4.78 is 20.0. The molecular weight excluding hydrogens is 482 g/mol. The fraction of sp³-hybridized carbons (Fsp3) is 0.682. The topological polar surface area (TPSA) is 124 Å². The van der Waals surface area contributed by atoms with Crippen molar-refractivity contribution in [2.45, 2.75) is 45.6 Å². The normalized spacial score (nSPS) is 11.4. The molecule has 0 bridgehead atoms.